The first-order chi connectivity index (χ1) is 6.66. The molecule has 0 bridgehead atoms. The van der Waals surface area contributed by atoms with E-state index >= 15 is 0 Å². The van der Waals surface area contributed by atoms with Gasteiger partial charge in [0.1, 0.15) is 0 Å². The van der Waals surface area contributed by atoms with Crippen molar-refractivity contribution in [2.45, 2.75) is 50.7 Å². The van der Waals surface area contributed by atoms with Crippen LogP contribution in [0.2, 0.25) is 0 Å². The second-order valence-electron chi connectivity index (χ2n) is 4.49. The highest BCUT2D eigenvalue weighted by Gasteiger charge is 2.27. The van der Waals surface area contributed by atoms with Gasteiger partial charge < -0.3 is 10.5 Å². The summed E-state index contributed by atoms with van der Waals surface area (Å²) in [5.41, 5.74) is 6.13. The number of likely N-dealkylation sites (N-methyl/N-ethyl adjacent to an activating group) is 1. The summed E-state index contributed by atoms with van der Waals surface area (Å²) in [7, 11) is 3.92. The largest absolute Gasteiger partial charge is 0.383 e. The predicted octanol–water partition coefficient (Wildman–Crippen LogP) is 1.22. The third kappa shape index (κ3) is 2.94. The molecule has 84 valence electrons. The number of ether oxygens (including phenoxy) is 1. The SMILES string of the molecule is COCC(C)N(C)C1CCCCC1N. The van der Waals surface area contributed by atoms with E-state index in [1.165, 1.54) is 25.7 Å². The molecule has 0 spiro atoms. The summed E-state index contributed by atoms with van der Waals surface area (Å²) in [6.07, 6.45) is 5.03. The molecule has 3 heteroatoms. The number of hydrogen-bond acceptors (Lipinski definition) is 3. The molecular weight excluding hydrogens is 176 g/mol. The Morgan fingerprint density at radius 2 is 2.07 bits per heavy atom. The molecule has 0 aliphatic heterocycles. The average Bonchev–Trinajstić information content (AvgIpc) is 2.18. The van der Waals surface area contributed by atoms with Crippen molar-refractivity contribution in [1.82, 2.24) is 4.90 Å². The molecule has 3 nitrogen and oxygen atoms in total. The minimum absolute atomic E-state index is 0.355. The van der Waals surface area contributed by atoms with Crippen LogP contribution in [0.15, 0.2) is 0 Å². The van der Waals surface area contributed by atoms with Crippen molar-refractivity contribution in [3.8, 4) is 0 Å². The summed E-state index contributed by atoms with van der Waals surface area (Å²) in [6.45, 7) is 2.99. The summed E-state index contributed by atoms with van der Waals surface area (Å²) in [5, 5.41) is 0. The van der Waals surface area contributed by atoms with Crippen LogP contribution in [0.3, 0.4) is 0 Å². The molecule has 0 aromatic rings. The lowest BCUT2D eigenvalue weighted by molar-refractivity contribution is 0.0677. The van der Waals surface area contributed by atoms with Crippen LogP contribution in [0.4, 0.5) is 0 Å². The van der Waals surface area contributed by atoms with Gasteiger partial charge in [-0.25, -0.2) is 0 Å². The van der Waals surface area contributed by atoms with E-state index in [9.17, 15) is 0 Å². The molecule has 2 N–H and O–H groups in total. The van der Waals surface area contributed by atoms with Crippen LogP contribution < -0.4 is 5.73 Å². The van der Waals surface area contributed by atoms with Gasteiger partial charge >= 0.3 is 0 Å². The Balaban J connectivity index is 2.44. The van der Waals surface area contributed by atoms with Gasteiger partial charge in [-0.3, -0.25) is 4.90 Å². The topological polar surface area (TPSA) is 38.5 Å². The van der Waals surface area contributed by atoms with Crippen molar-refractivity contribution in [1.29, 1.82) is 0 Å². The maximum atomic E-state index is 6.13. The number of hydrogen-bond donors (Lipinski definition) is 1. The van der Waals surface area contributed by atoms with E-state index in [0.717, 1.165) is 6.61 Å². The Hall–Kier alpha value is -0.120. The summed E-state index contributed by atoms with van der Waals surface area (Å²) in [5.74, 6) is 0. The standard InChI is InChI=1S/C11H24N2O/c1-9(8-14-3)13(2)11-7-5-4-6-10(11)12/h9-11H,4-8,12H2,1-3H3. The van der Waals surface area contributed by atoms with Gasteiger partial charge in [-0.05, 0) is 26.8 Å². The van der Waals surface area contributed by atoms with Gasteiger partial charge in [0.05, 0.1) is 6.61 Å². The number of rotatable bonds is 4. The second kappa shape index (κ2) is 5.69. The molecular formula is C11H24N2O. The van der Waals surface area contributed by atoms with Crippen LogP contribution in [-0.2, 0) is 4.74 Å². The van der Waals surface area contributed by atoms with Gasteiger partial charge in [-0.1, -0.05) is 12.8 Å². The summed E-state index contributed by atoms with van der Waals surface area (Å²) in [4.78, 5) is 2.38. The van der Waals surface area contributed by atoms with E-state index in [0.29, 0.717) is 18.1 Å². The number of nitrogens with zero attached hydrogens (tertiary/aromatic N) is 1. The minimum Gasteiger partial charge on any atom is -0.383 e. The molecule has 1 aliphatic carbocycles. The molecule has 14 heavy (non-hydrogen) atoms. The van der Waals surface area contributed by atoms with Gasteiger partial charge in [-0.2, -0.15) is 0 Å². The number of methoxy groups -OCH3 is 1. The van der Waals surface area contributed by atoms with Crippen LogP contribution in [-0.4, -0.2) is 43.8 Å². The van der Waals surface area contributed by atoms with E-state index in [1.807, 2.05) is 0 Å². The zero-order valence-corrected chi connectivity index (χ0v) is 9.70. The van der Waals surface area contributed by atoms with Crippen LogP contribution in [0.25, 0.3) is 0 Å². The lowest BCUT2D eigenvalue weighted by Gasteiger charge is -2.39. The van der Waals surface area contributed by atoms with Crippen LogP contribution in [0.1, 0.15) is 32.6 Å². The fourth-order valence-electron chi connectivity index (χ4n) is 2.33. The molecule has 1 saturated carbocycles. The Morgan fingerprint density at radius 1 is 1.43 bits per heavy atom. The van der Waals surface area contributed by atoms with Gasteiger partial charge in [-0.15, -0.1) is 0 Å². The van der Waals surface area contributed by atoms with Gasteiger partial charge in [0.2, 0.25) is 0 Å². The first-order valence-corrected chi connectivity index (χ1v) is 5.63. The fraction of sp³-hybridized carbons (Fsp3) is 1.00. The maximum Gasteiger partial charge on any atom is 0.0615 e. The quantitative estimate of drug-likeness (QED) is 0.741. The smallest absolute Gasteiger partial charge is 0.0615 e. The molecule has 0 heterocycles. The minimum atomic E-state index is 0.355. The first kappa shape index (κ1) is 12.0. The van der Waals surface area contributed by atoms with Crippen molar-refractivity contribution in [2.24, 2.45) is 5.73 Å². The summed E-state index contributed by atoms with van der Waals surface area (Å²) >= 11 is 0. The zero-order valence-electron chi connectivity index (χ0n) is 9.70. The van der Waals surface area contributed by atoms with Crippen LogP contribution in [0, 0.1) is 0 Å². The summed E-state index contributed by atoms with van der Waals surface area (Å²) < 4.78 is 5.17. The zero-order chi connectivity index (χ0) is 10.6. The van der Waals surface area contributed by atoms with E-state index in [2.05, 4.69) is 18.9 Å². The maximum absolute atomic E-state index is 6.13. The highest BCUT2D eigenvalue weighted by Crippen LogP contribution is 2.22. The van der Waals surface area contributed by atoms with Crippen molar-refractivity contribution in [2.75, 3.05) is 20.8 Å². The van der Waals surface area contributed by atoms with Gasteiger partial charge in [0, 0.05) is 25.2 Å². The third-order valence-corrected chi connectivity index (χ3v) is 3.41. The molecule has 0 radical (unpaired) electrons. The van der Waals surface area contributed by atoms with Gasteiger partial charge in [0.15, 0.2) is 0 Å². The average molecular weight is 200 g/mol. The highest BCUT2D eigenvalue weighted by atomic mass is 16.5. The number of nitrogens with two attached hydrogens (primary N) is 1. The van der Waals surface area contributed by atoms with E-state index in [4.69, 9.17) is 10.5 Å². The summed E-state index contributed by atoms with van der Waals surface area (Å²) in [6, 6.07) is 1.37. The molecule has 1 fully saturated rings. The molecule has 3 unspecified atom stereocenters. The molecule has 0 aromatic heterocycles. The van der Waals surface area contributed by atoms with Crippen molar-refractivity contribution in [3.05, 3.63) is 0 Å². The monoisotopic (exact) mass is 200 g/mol. The van der Waals surface area contributed by atoms with E-state index in [1.54, 1.807) is 7.11 Å². The Labute approximate surface area is 87.6 Å². The lowest BCUT2D eigenvalue weighted by atomic mass is 9.89. The lowest BCUT2D eigenvalue weighted by Crippen LogP contribution is -2.51. The predicted molar refractivity (Wildman–Crippen MR) is 59.3 cm³/mol. The normalized spacial score (nSPS) is 30.6. The van der Waals surface area contributed by atoms with Crippen LogP contribution in [0.5, 0.6) is 0 Å². The third-order valence-electron chi connectivity index (χ3n) is 3.41. The Morgan fingerprint density at radius 3 is 2.64 bits per heavy atom. The van der Waals surface area contributed by atoms with E-state index < -0.39 is 0 Å². The molecule has 0 amide bonds. The molecule has 3 atom stereocenters. The van der Waals surface area contributed by atoms with Crippen molar-refractivity contribution in [3.63, 3.8) is 0 Å². The molecule has 0 saturated heterocycles. The molecule has 1 rings (SSSR count). The Kier molecular flexibility index (Phi) is 4.85. The van der Waals surface area contributed by atoms with Crippen LogP contribution >= 0.6 is 0 Å². The molecule has 1 aliphatic rings. The first-order valence-electron chi connectivity index (χ1n) is 5.63. The van der Waals surface area contributed by atoms with Crippen molar-refractivity contribution < 1.29 is 4.74 Å². The second-order valence-corrected chi connectivity index (χ2v) is 4.49. The Bertz CT molecular complexity index is 163. The highest BCUT2D eigenvalue weighted by molar-refractivity contribution is 4.86. The van der Waals surface area contributed by atoms with Crippen molar-refractivity contribution >= 4 is 0 Å². The fourth-order valence-corrected chi connectivity index (χ4v) is 2.33. The molecule has 0 aromatic carbocycles. The van der Waals surface area contributed by atoms with Gasteiger partial charge in [0.25, 0.3) is 0 Å². The van der Waals surface area contributed by atoms with E-state index in [-0.39, 0.29) is 0 Å².